The first-order valence-electron chi connectivity index (χ1n) is 8.51. The van der Waals surface area contributed by atoms with E-state index in [1.54, 1.807) is 14.2 Å². The van der Waals surface area contributed by atoms with Crippen molar-refractivity contribution < 1.29 is 9.47 Å². The van der Waals surface area contributed by atoms with Crippen molar-refractivity contribution in [3.05, 3.63) is 59.4 Å². The first-order valence-corrected chi connectivity index (χ1v) is 8.51. The third kappa shape index (κ3) is 3.17. The fraction of sp³-hybridized carbons (Fsp3) is 0.286. The van der Waals surface area contributed by atoms with Crippen LogP contribution in [0.15, 0.2) is 42.7 Å². The molecule has 2 heterocycles. The van der Waals surface area contributed by atoms with E-state index in [0.29, 0.717) is 0 Å². The van der Waals surface area contributed by atoms with Gasteiger partial charge >= 0.3 is 0 Å². The van der Waals surface area contributed by atoms with Crippen LogP contribution in [0.4, 0.5) is 5.69 Å². The molecule has 0 radical (unpaired) electrons. The summed E-state index contributed by atoms with van der Waals surface area (Å²) in [5.41, 5.74) is 5.31. The number of ether oxygens (including phenoxy) is 2. The molecule has 0 N–H and O–H groups in total. The number of likely N-dealkylation sites (N-methyl/N-ethyl adjacent to an activating group) is 1. The molecule has 2 aromatic carbocycles. The van der Waals surface area contributed by atoms with E-state index in [4.69, 9.17) is 9.47 Å². The van der Waals surface area contributed by atoms with Gasteiger partial charge in [-0.2, -0.15) is 0 Å². The van der Waals surface area contributed by atoms with E-state index in [0.717, 1.165) is 41.7 Å². The summed E-state index contributed by atoms with van der Waals surface area (Å²) in [5.74, 6) is 1.48. The number of pyridine rings is 1. The van der Waals surface area contributed by atoms with Crippen molar-refractivity contribution in [1.82, 2.24) is 4.98 Å². The Hall–Kier alpha value is -2.46. The summed E-state index contributed by atoms with van der Waals surface area (Å²) in [6.45, 7) is 1.10. The highest BCUT2D eigenvalue weighted by atomic mass is 35.5. The van der Waals surface area contributed by atoms with Gasteiger partial charge in [-0.05, 0) is 53.1 Å². The third-order valence-electron chi connectivity index (χ3n) is 5.01. The van der Waals surface area contributed by atoms with Crippen molar-refractivity contribution in [2.45, 2.75) is 12.8 Å². The predicted molar refractivity (Wildman–Crippen MR) is 108 cm³/mol. The molecule has 0 saturated heterocycles. The van der Waals surface area contributed by atoms with Crippen LogP contribution in [0, 0.1) is 0 Å². The van der Waals surface area contributed by atoms with E-state index in [9.17, 15) is 0 Å². The molecule has 26 heavy (non-hydrogen) atoms. The number of aromatic nitrogens is 1. The molecule has 136 valence electrons. The van der Waals surface area contributed by atoms with E-state index in [1.165, 1.54) is 22.4 Å². The smallest absolute Gasteiger partial charge is 0.161 e. The maximum absolute atomic E-state index is 5.47. The minimum Gasteiger partial charge on any atom is -0.493 e. The van der Waals surface area contributed by atoms with Gasteiger partial charge in [-0.25, -0.2) is 0 Å². The van der Waals surface area contributed by atoms with Gasteiger partial charge in [-0.15, -0.1) is 12.4 Å². The first-order chi connectivity index (χ1) is 12.2. The molecule has 0 saturated carbocycles. The Morgan fingerprint density at radius 2 is 1.81 bits per heavy atom. The second kappa shape index (κ2) is 7.42. The van der Waals surface area contributed by atoms with Gasteiger partial charge in [0.2, 0.25) is 0 Å². The van der Waals surface area contributed by atoms with E-state index < -0.39 is 0 Å². The molecular weight excluding hydrogens is 348 g/mol. The predicted octanol–water partition coefficient (Wildman–Crippen LogP) is 4.26. The average molecular weight is 371 g/mol. The molecule has 0 aliphatic carbocycles. The second-order valence-corrected chi connectivity index (χ2v) is 6.54. The molecule has 0 unspecified atom stereocenters. The first kappa shape index (κ1) is 18.3. The van der Waals surface area contributed by atoms with Crippen LogP contribution in [0.25, 0.3) is 10.8 Å². The number of benzene rings is 2. The summed E-state index contributed by atoms with van der Waals surface area (Å²) in [4.78, 5) is 6.74. The topological polar surface area (TPSA) is 34.6 Å². The molecule has 1 aliphatic heterocycles. The van der Waals surface area contributed by atoms with Gasteiger partial charge in [0.25, 0.3) is 0 Å². The summed E-state index contributed by atoms with van der Waals surface area (Å²) in [6.07, 6.45) is 5.81. The quantitative estimate of drug-likeness (QED) is 0.687. The normalized spacial score (nSPS) is 12.7. The lowest BCUT2D eigenvalue weighted by Gasteiger charge is -2.13. The zero-order valence-electron chi connectivity index (χ0n) is 15.3. The zero-order valence-corrected chi connectivity index (χ0v) is 16.1. The highest BCUT2D eigenvalue weighted by Gasteiger charge is 2.16. The third-order valence-corrected chi connectivity index (χ3v) is 5.01. The molecule has 4 nitrogen and oxygen atoms in total. The lowest BCUT2D eigenvalue weighted by molar-refractivity contribution is 0.356. The van der Waals surface area contributed by atoms with Crippen LogP contribution in [0.1, 0.15) is 16.7 Å². The Bertz CT molecular complexity index is 943. The molecule has 0 fully saturated rings. The number of halogens is 1. The fourth-order valence-electron chi connectivity index (χ4n) is 3.65. The highest BCUT2D eigenvalue weighted by molar-refractivity contribution is 5.88. The number of rotatable bonds is 4. The number of nitrogens with zero attached hydrogens (tertiary/aromatic N) is 2. The number of methoxy groups -OCH3 is 2. The minimum atomic E-state index is 0. The van der Waals surface area contributed by atoms with Gasteiger partial charge in [-0.3, -0.25) is 4.98 Å². The molecule has 0 bridgehead atoms. The van der Waals surface area contributed by atoms with Crippen molar-refractivity contribution >= 4 is 28.9 Å². The Balaban J connectivity index is 0.00000196. The average Bonchev–Trinajstić information content (AvgIpc) is 3.01. The van der Waals surface area contributed by atoms with E-state index in [1.807, 2.05) is 24.5 Å². The molecule has 1 aromatic heterocycles. The van der Waals surface area contributed by atoms with Gasteiger partial charge in [0.1, 0.15) is 0 Å². The van der Waals surface area contributed by atoms with Crippen LogP contribution in [0.5, 0.6) is 11.5 Å². The van der Waals surface area contributed by atoms with Crippen molar-refractivity contribution in [2.24, 2.45) is 0 Å². The maximum Gasteiger partial charge on any atom is 0.161 e. The van der Waals surface area contributed by atoms with E-state index in [2.05, 4.69) is 35.1 Å². The van der Waals surface area contributed by atoms with E-state index >= 15 is 0 Å². The Kier molecular flexibility index (Phi) is 5.23. The molecule has 1 aliphatic rings. The van der Waals surface area contributed by atoms with Crippen LogP contribution in [0.2, 0.25) is 0 Å². The van der Waals surface area contributed by atoms with Crippen molar-refractivity contribution in [2.75, 3.05) is 32.7 Å². The molecular formula is C21H23ClN2O2. The van der Waals surface area contributed by atoms with Gasteiger partial charge in [-0.1, -0.05) is 12.1 Å². The molecule has 3 aromatic rings. The Morgan fingerprint density at radius 1 is 1.04 bits per heavy atom. The second-order valence-electron chi connectivity index (χ2n) is 6.54. The van der Waals surface area contributed by atoms with Crippen molar-refractivity contribution in [3.8, 4) is 11.5 Å². The van der Waals surface area contributed by atoms with Gasteiger partial charge in [0.15, 0.2) is 11.5 Å². The largest absolute Gasteiger partial charge is 0.493 e. The molecule has 0 spiro atoms. The minimum absolute atomic E-state index is 0. The SMILES string of the molecule is COc1cc2cncc(Cc3ccc4c(c3)CCN4C)c2cc1OC.Cl. The molecule has 0 atom stereocenters. The van der Waals surface area contributed by atoms with Crippen LogP contribution in [0.3, 0.4) is 0 Å². The monoisotopic (exact) mass is 370 g/mol. The summed E-state index contributed by atoms with van der Waals surface area (Å²) >= 11 is 0. The lowest BCUT2D eigenvalue weighted by atomic mass is 9.98. The summed E-state index contributed by atoms with van der Waals surface area (Å²) < 4.78 is 10.9. The molecule has 4 rings (SSSR count). The molecule has 5 heteroatoms. The van der Waals surface area contributed by atoms with Crippen LogP contribution in [-0.4, -0.2) is 32.8 Å². The van der Waals surface area contributed by atoms with Gasteiger partial charge in [0.05, 0.1) is 14.2 Å². The number of fused-ring (bicyclic) bond motifs is 2. The standard InChI is InChI=1S/C21H22N2O2.ClH/c1-23-7-6-15-8-14(4-5-19(15)23)9-16-12-22-13-17-10-20(24-2)21(25-3)11-18(16)17;/h4-5,8,10-13H,6-7,9H2,1-3H3;1H. The fourth-order valence-corrected chi connectivity index (χ4v) is 3.65. The van der Waals surface area contributed by atoms with Crippen molar-refractivity contribution in [3.63, 3.8) is 0 Å². The van der Waals surface area contributed by atoms with Gasteiger partial charge < -0.3 is 14.4 Å². The number of anilines is 1. The van der Waals surface area contributed by atoms with Gasteiger partial charge in [0, 0.05) is 37.1 Å². The summed E-state index contributed by atoms with van der Waals surface area (Å²) in [7, 11) is 5.48. The van der Waals surface area contributed by atoms with Crippen LogP contribution in [-0.2, 0) is 12.8 Å². The van der Waals surface area contributed by atoms with Crippen molar-refractivity contribution in [1.29, 1.82) is 0 Å². The van der Waals surface area contributed by atoms with Crippen LogP contribution < -0.4 is 14.4 Å². The number of hydrogen-bond donors (Lipinski definition) is 0. The zero-order chi connectivity index (χ0) is 17.4. The van der Waals surface area contributed by atoms with Crippen LogP contribution >= 0.6 is 12.4 Å². The number of hydrogen-bond acceptors (Lipinski definition) is 4. The highest BCUT2D eigenvalue weighted by Crippen LogP contribution is 2.34. The Morgan fingerprint density at radius 3 is 2.58 bits per heavy atom. The molecule has 0 amide bonds. The maximum atomic E-state index is 5.47. The summed E-state index contributed by atoms with van der Waals surface area (Å²) in [5, 5.41) is 2.22. The van der Waals surface area contributed by atoms with E-state index in [-0.39, 0.29) is 12.4 Å². The summed E-state index contributed by atoms with van der Waals surface area (Å²) in [6, 6.07) is 10.8. The Labute approximate surface area is 160 Å². The lowest BCUT2D eigenvalue weighted by Crippen LogP contribution is -2.12.